The molecule has 16 nitrogen and oxygen atoms in total. The molecule has 2 N–H and O–H groups in total. The van der Waals surface area contributed by atoms with Crippen LogP contribution >= 0.6 is 15.6 Å². The molecule has 0 amide bonds. The molecule has 0 saturated carbocycles. The minimum absolute atomic E-state index is 0. The fourth-order valence-corrected chi connectivity index (χ4v) is 10.1. The van der Waals surface area contributed by atoms with Crippen LogP contribution in [0.1, 0.15) is 148 Å². The van der Waals surface area contributed by atoms with E-state index in [2.05, 4.69) is 52.0 Å². The number of aliphatic hydroxyl groups is 2. The van der Waals surface area contributed by atoms with Crippen molar-refractivity contribution in [3.8, 4) is 46.0 Å². The van der Waals surface area contributed by atoms with Gasteiger partial charge in [0, 0.05) is 106 Å². The van der Waals surface area contributed by atoms with Crippen LogP contribution in [0.3, 0.4) is 0 Å². The van der Waals surface area contributed by atoms with Crippen LogP contribution in [0.4, 0.5) is 50.4 Å². The monoisotopic (exact) mass is 1600 g/mol. The number of hydrogen-bond donors (Lipinski definition) is 2. The van der Waals surface area contributed by atoms with E-state index in [0.29, 0.717) is 165 Å². The average Bonchev–Trinajstić information content (AvgIpc) is 0.756. The van der Waals surface area contributed by atoms with Gasteiger partial charge in [-0.05, 0) is 62.8 Å². The van der Waals surface area contributed by atoms with Crippen molar-refractivity contribution >= 4 is 15.6 Å². The summed E-state index contributed by atoms with van der Waals surface area (Å²) in [6.45, 7) is 19.6. The molecule has 3 heterocycles. The van der Waals surface area contributed by atoms with E-state index < -0.39 is 15.6 Å². The van der Waals surface area contributed by atoms with Crippen molar-refractivity contribution in [2.45, 2.75) is 104 Å². The summed E-state index contributed by atoms with van der Waals surface area (Å²) in [5.41, 5.74) is 8.00. The van der Waals surface area contributed by atoms with Gasteiger partial charge in [0.15, 0.2) is 0 Å². The standard InChI is InChI=1S/C56H76O14.2C3H8O.2Ag.2F6P/c1-9-37-41-29-47-40(12-4)44-32-46-38(10-2)42-30-48(56(34-50(42)58-6)70-28-24-66-20-16-62-14-18-64-22-26-68-54(46)36-52(44)60-8)39(11-3)43-31-45(37)53(35-51(43)59-7)67-25-21-63-17-13-61-15-19-65-23-27-69-55(47)33-49(41)57-5;2*1-2-3-4;;;2*1-7(2,3,4,5)6/h29-40H,9-28H2,1-8H3;2*4H,2-3H2,1H3;;;;/q;;;2*+1;2*-1/t37-,38-,39-,40-;;;;;;/m0....../s1. The molecule has 0 fully saturated rings. The predicted molar refractivity (Wildman–Crippen MR) is 329 cm³/mol. The maximum atomic E-state index is 9.87. The average molecular weight is 1600 g/mol. The molecule has 94 heavy (non-hydrogen) atoms. The van der Waals surface area contributed by atoms with E-state index in [1.54, 1.807) is 28.4 Å². The zero-order valence-corrected chi connectivity index (χ0v) is 59.3. The van der Waals surface area contributed by atoms with E-state index in [4.69, 9.17) is 76.5 Å². The SMILES string of the molecule is CCCO.CCCO.CC[C@H]1c2cc3c(cc2OC)OCCOCCOCCOCCOc2cc(OC)c(cc21)[C@H](CC)c1cc2c(OC)cc1OCCOCCOCCOCCOc1cc(OC)c(cc1[C@H]2CC)[C@@H]3CC.F[P-](F)(F)(F)(F)F.F[P-](F)(F)(F)(F)F.[Ag+].[Ag+]. The molecule has 552 valence electrons. The second kappa shape index (κ2) is 39.9. The van der Waals surface area contributed by atoms with Gasteiger partial charge in [-0.1, -0.05) is 41.5 Å². The van der Waals surface area contributed by atoms with Crippen LogP contribution in [0.15, 0.2) is 48.5 Å². The van der Waals surface area contributed by atoms with Gasteiger partial charge >= 0.3 is 111 Å². The Bertz CT molecular complexity index is 2620. The summed E-state index contributed by atoms with van der Waals surface area (Å²) in [4.78, 5) is 0. The Morgan fingerprint density at radius 3 is 0.585 bits per heavy atom. The first-order chi connectivity index (χ1) is 43.1. The third kappa shape index (κ3) is 33.3. The van der Waals surface area contributed by atoms with Crippen molar-refractivity contribution in [3.63, 3.8) is 0 Å². The fraction of sp³-hybridized carbons (Fsp3) is 0.613. The van der Waals surface area contributed by atoms with Crippen molar-refractivity contribution in [1.82, 2.24) is 0 Å². The minimum atomic E-state index is -10.7. The van der Waals surface area contributed by atoms with E-state index in [1.165, 1.54) is 0 Å². The Kier molecular flexibility index (Phi) is 37.6. The first-order valence-corrected chi connectivity index (χ1v) is 34.4. The maximum absolute atomic E-state index is 10.7. The van der Waals surface area contributed by atoms with E-state index in [0.717, 1.165) is 83.0 Å². The molecule has 3 aliphatic heterocycles. The zero-order valence-electron chi connectivity index (χ0n) is 54.5. The number of fused-ring (bicyclic) bond motifs is 15. The summed E-state index contributed by atoms with van der Waals surface area (Å²) in [5, 5.41) is 15.8. The van der Waals surface area contributed by atoms with E-state index in [1.807, 2.05) is 38.1 Å². The van der Waals surface area contributed by atoms with Crippen LogP contribution in [-0.2, 0) is 73.2 Å². The summed E-state index contributed by atoms with van der Waals surface area (Å²) in [5.74, 6) is 4.86. The first kappa shape index (κ1) is 88.5. The molecule has 0 radical (unpaired) electrons. The zero-order chi connectivity index (χ0) is 68.9. The number of aliphatic hydroxyl groups excluding tert-OH is 2. The third-order valence-electron chi connectivity index (χ3n) is 14.0. The van der Waals surface area contributed by atoms with Crippen molar-refractivity contribution < 1.29 is 172 Å². The number of halogens is 12. The molecule has 0 saturated heterocycles. The molecule has 0 unspecified atom stereocenters. The molecule has 4 atom stereocenters. The summed E-state index contributed by atoms with van der Waals surface area (Å²) >= 11 is 0. The van der Waals surface area contributed by atoms with Gasteiger partial charge < -0.3 is 76.5 Å². The van der Waals surface area contributed by atoms with Gasteiger partial charge in [-0.3, -0.25) is 0 Å². The van der Waals surface area contributed by atoms with Gasteiger partial charge in [0.25, 0.3) is 0 Å². The minimum Gasteiger partial charge on any atom is 1.00 e. The topological polar surface area (TPSA) is 170 Å². The molecule has 10 bridgehead atoms. The van der Waals surface area contributed by atoms with Crippen molar-refractivity contribution in [2.24, 2.45) is 0 Å². The second-order valence-electron chi connectivity index (χ2n) is 20.8. The van der Waals surface area contributed by atoms with Crippen LogP contribution in [0.5, 0.6) is 46.0 Å². The smallest absolute Gasteiger partial charge is 1.00 e. The Hall–Kier alpha value is -3.54. The van der Waals surface area contributed by atoms with Gasteiger partial charge in [-0.2, -0.15) is 0 Å². The molecule has 8 rings (SSSR count). The first-order valence-electron chi connectivity index (χ1n) is 30.3. The van der Waals surface area contributed by atoms with Gasteiger partial charge in [0.2, 0.25) is 0 Å². The number of benzene rings is 4. The van der Waals surface area contributed by atoms with Crippen LogP contribution in [-0.4, -0.2) is 158 Å². The number of ether oxygens (including phenoxy) is 14. The van der Waals surface area contributed by atoms with Gasteiger partial charge in [0.1, 0.15) is 72.4 Å². The van der Waals surface area contributed by atoms with E-state index in [-0.39, 0.29) is 68.4 Å². The molecule has 0 aromatic heterocycles. The predicted octanol–water partition coefficient (Wildman–Crippen LogP) is 17.4. The van der Waals surface area contributed by atoms with Gasteiger partial charge in [-0.25, -0.2) is 0 Å². The number of hydrogen-bond acceptors (Lipinski definition) is 16. The molecule has 1 aliphatic carbocycles. The van der Waals surface area contributed by atoms with Crippen molar-refractivity contribution in [1.29, 1.82) is 0 Å². The van der Waals surface area contributed by atoms with Crippen molar-refractivity contribution in [2.75, 3.05) is 147 Å². The largest absolute Gasteiger partial charge is 1.00 e. The number of methoxy groups -OCH3 is 4. The molecule has 4 aliphatic rings. The second-order valence-corrected chi connectivity index (χ2v) is 24.6. The van der Waals surface area contributed by atoms with Gasteiger partial charge in [-0.15, -0.1) is 0 Å². The molecular formula is C62H92Ag2F12O16P2. The summed E-state index contributed by atoms with van der Waals surface area (Å²) in [6, 6.07) is 17.3. The Morgan fingerprint density at radius 1 is 0.309 bits per heavy atom. The van der Waals surface area contributed by atoms with Crippen LogP contribution in [0, 0.1) is 0 Å². The molecule has 4 aromatic carbocycles. The van der Waals surface area contributed by atoms with Crippen LogP contribution in [0.25, 0.3) is 0 Å². The Labute approximate surface area is 574 Å². The molecule has 4 aromatic rings. The Balaban J connectivity index is 0.00000158. The number of rotatable bonds is 10. The summed E-state index contributed by atoms with van der Waals surface area (Å²) < 4.78 is 206. The van der Waals surface area contributed by atoms with E-state index >= 15 is 0 Å². The quantitative estimate of drug-likeness (QED) is 0.0665. The molecule has 0 spiro atoms. The summed E-state index contributed by atoms with van der Waals surface area (Å²) in [7, 11) is -14.4. The van der Waals surface area contributed by atoms with Gasteiger partial charge in [0.05, 0.1) is 108 Å². The van der Waals surface area contributed by atoms with Crippen molar-refractivity contribution in [3.05, 3.63) is 93.0 Å². The summed E-state index contributed by atoms with van der Waals surface area (Å²) in [6.07, 6.45) is 4.64. The van der Waals surface area contributed by atoms with Crippen LogP contribution < -0.4 is 37.9 Å². The third-order valence-corrected chi connectivity index (χ3v) is 14.0. The van der Waals surface area contributed by atoms with E-state index in [9.17, 15) is 50.4 Å². The molecule has 32 heteroatoms. The Morgan fingerprint density at radius 2 is 0.457 bits per heavy atom. The fourth-order valence-electron chi connectivity index (χ4n) is 10.1. The normalized spacial score (nSPS) is 19.8. The maximum Gasteiger partial charge on any atom is 1.00 e. The molecular weight excluding hydrogens is 1510 g/mol. The van der Waals surface area contributed by atoms with Crippen LogP contribution in [0.2, 0.25) is 0 Å².